The first-order valence-electron chi connectivity index (χ1n) is 10.0. The fourth-order valence-electron chi connectivity index (χ4n) is 3.69. The number of hydrogen-bond acceptors (Lipinski definition) is 4. The molecule has 0 N–H and O–H groups in total. The Hall–Kier alpha value is -3.48. The van der Waals surface area contributed by atoms with Crippen LogP contribution in [0, 0.1) is 28.6 Å². The van der Waals surface area contributed by atoms with Gasteiger partial charge in [-0.2, -0.15) is 31.6 Å². The molecule has 10 heteroatoms. The van der Waals surface area contributed by atoms with Crippen molar-refractivity contribution in [3.8, 4) is 17.6 Å². The van der Waals surface area contributed by atoms with Crippen LogP contribution < -0.4 is 4.74 Å². The molecule has 180 valence electrons. The van der Waals surface area contributed by atoms with Crippen LogP contribution >= 0.6 is 0 Å². The Morgan fingerprint density at radius 2 is 1.59 bits per heavy atom. The summed E-state index contributed by atoms with van der Waals surface area (Å²) in [6, 6.07) is 16.6. The number of para-hydroxylation sites is 1. The highest BCUT2D eigenvalue weighted by molar-refractivity contribution is 5.79. The summed E-state index contributed by atoms with van der Waals surface area (Å²) in [5, 5.41) is 9.49. The summed E-state index contributed by atoms with van der Waals surface area (Å²) in [4.78, 5) is 12.6. The van der Waals surface area contributed by atoms with Crippen molar-refractivity contribution in [3.05, 3.63) is 71.8 Å². The van der Waals surface area contributed by atoms with Gasteiger partial charge >= 0.3 is 18.3 Å². The van der Waals surface area contributed by atoms with E-state index in [0.717, 1.165) is 0 Å². The molecule has 0 amide bonds. The van der Waals surface area contributed by atoms with Crippen LogP contribution in [0.1, 0.15) is 25.5 Å². The molecule has 1 aliphatic carbocycles. The SMILES string of the molecule is CC1(C)[C@H](C=C(C(F)(F)F)C(F)(F)F)[C@H]1C(=O)O[C@H](C#N)c1cccc(Oc2ccccc2)c1. The van der Waals surface area contributed by atoms with Crippen LogP contribution in [0.25, 0.3) is 0 Å². The number of halogens is 6. The third-order valence-electron chi connectivity index (χ3n) is 5.61. The van der Waals surface area contributed by atoms with Crippen molar-refractivity contribution in [1.29, 1.82) is 5.26 Å². The van der Waals surface area contributed by atoms with Crippen molar-refractivity contribution < 1.29 is 40.6 Å². The molecule has 2 aromatic carbocycles. The number of nitriles is 1. The first-order chi connectivity index (χ1) is 15.7. The van der Waals surface area contributed by atoms with Crippen LogP contribution in [-0.4, -0.2) is 18.3 Å². The van der Waals surface area contributed by atoms with Crippen molar-refractivity contribution in [2.75, 3.05) is 0 Å². The summed E-state index contributed by atoms with van der Waals surface area (Å²) in [6.45, 7) is 2.72. The van der Waals surface area contributed by atoms with Crippen molar-refractivity contribution in [3.63, 3.8) is 0 Å². The molecule has 0 radical (unpaired) electrons. The normalized spacial score (nSPS) is 20.0. The van der Waals surface area contributed by atoms with Crippen molar-refractivity contribution >= 4 is 5.97 Å². The van der Waals surface area contributed by atoms with E-state index in [1.165, 1.54) is 26.0 Å². The predicted molar refractivity (Wildman–Crippen MR) is 108 cm³/mol. The predicted octanol–water partition coefficient (Wildman–Crippen LogP) is 6.91. The third-order valence-corrected chi connectivity index (χ3v) is 5.61. The summed E-state index contributed by atoms with van der Waals surface area (Å²) in [7, 11) is 0. The molecule has 4 nitrogen and oxygen atoms in total. The van der Waals surface area contributed by atoms with Gasteiger partial charge in [0.15, 0.2) is 0 Å². The van der Waals surface area contributed by atoms with Gasteiger partial charge in [-0.3, -0.25) is 4.79 Å². The highest BCUT2D eigenvalue weighted by Gasteiger charge is 2.64. The molecule has 0 spiro atoms. The lowest BCUT2D eigenvalue weighted by atomic mass is 10.1. The molecule has 1 saturated carbocycles. The van der Waals surface area contributed by atoms with Crippen LogP contribution in [0.2, 0.25) is 0 Å². The van der Waals surface area contributed by atoms with Crippen LogP contribution in [-0.2, 0) is 9.53 Å². The molecule has 0 bridgehead atoms. The standard InChI is InChI=1S/C24H19F6NO3/c1-22(2)17(12-19(23(25,26)27)24(28,29)30)20(22)21(32)34-18(13-31)14-7-6-10-16(11-14)33-15-8-4-3-5-9-15/h3-12,17-18,20H,1-2H3/t17-,18-,20+/m1/s1. The quantitative estimate of drug-likeness (QED) is 0.255. The summed E-state index contributed by atoms with van der Waals surface area (Å²) in [6.07, 6.45) is -12.7. The van der Waals surface area contributed by atoms with E-state index in [1.54, 1.807) is 48.5 Å². The number of nitrogens with zero attached hydrogens (tertiary/aromatic N) is 1. The first kappa shape index (κ1) is 25.1. The number of rotatable bonds is 6. The summed E-state index contributed by atoms with van der Waals surface area (Å²) >= 11 is 0. The van der Waals surface area contributed by atoms with Gasteiger partial charge in [0.1, 0.15) is 23.1 Å². The maximum absolute atomic E-state index is 12.9. The summed E-state index contributed by atoms with van der Waals surface area (Å²) in [5.74, 6) is -2.83. The molecule has 34 heavy (non-hydrogen) atoms. The fourth-order valence-corrected chi connectivity index (χ4v) is 3.69. The van der Waals surface area contributed by atoms with Crippen LogP contribution in [0.5, 0.6) is 11.5 Å². The zero-order valence-corrected chi connectivity index (χ0v) is 17.9. The van der Waals surface area contributed by atoms with E-state index < -0.39 is 47.2 Å². The minimum atomic E-state index is -5.63. The van der Waals surface area contributed by atoms with Gasteiger partial charge in [-0.25, -0.2) is 0 Å². The number of carbonyl (C=O) groups is 1. The number of ether oxygens (including phenoxy) is 2. The molecule has 3 rings (SSSR count). The van der Waals surface area contributed by atoms with Crippen molar-refractivity contribution in [2.24, 2.45) is 17.3 Å². The Balaban J connectivity index is 1.77. The minimum Gasteiger partial charge on any atom is -0.457 e. The van der Waals surface area contributed by atoms with E-state index in [2.05, 4.69) is 0 Å². The van der Waals surface area contributed by atoms with Crippen LogP contribution in [0.3, 0.4) is 0 Å². The lowest BCUT2D eigenvalue weighted by Gasteiger charge is -2.15. The number of allylic oxidation sites excluding steroid dienone is 2. The minimum absolute atomic E-state index is 0.0294. The Bertz CT molecular complexity index is 1100. The topological polar surface area (TPSA) is 59.3 Å². The third kappa shape index (κ3) is 5.53. The van der Waals surface area contributed by atoms with Gasteiger partial charge in [0.2, 0.25) is 6.10 Å². The number of hydrogen-bond donors (Lipinski definition) is 0. The zero-order valence-electron chi connectivity index (χ0n) is 17.9. The molecule has 0 aromatic heterocycles. The maximum Gasteiger partial charge on any atom is 0.421 e. The molecule has 2 aromatic rings. The Morgan fingerprint density at radius 3 is 2.15 bits per heavy atom. The second-order valence-electron chi connectivity index (χ2n) is 8.33. The molecule has 0 saturated heterocycles. The highest BCUT2D eigenvalue weighted by Crippen LogP contribution is 2.61. The second-order valence-corrected chi connectivity index (χ2v) is 8.33. The van der Waals surface area contributed by atoms with Gasteiger partial charge in [-0.15, -0.1) is 0 Å². The van der Waals surface area contributed by atoms with Gasteiger partial charge in [-0.1, -0.05) is 50.3 Å². The molecule has 3 atom stereocenters. The largest absolute Gasteiger partial charge is 0.457 e. The van der Waals surface area contributed by atoms with Crippen LogP contribution in [0.4, 0.5) is 26.3 Å². The van der Waals surface area contributed by atoms with Gasteiger partial charge < -0.3 is 9.47 Å². The van der Waals surface area contributed by atoms with E-state index in [-0.39, 0.29) is 11.6 Å². The number of alkyl halides is 6. The molecule has 1 aliphatic rings. The average Bonchev–Trinajstić information content (AvgIpc) is 3.29. The smallest absolute Gasteiger partial charge is 0.421 e. The van der Waals surface area contributed by atoms with Gasteiger partial charge in [0.05, 0.1) is 5.92 Å². The van der Waals surface area contributed by atoms with E-state index in [4.69, 9.17) is 9.47 Å². The van der Waals surface area contributed by atoms with Gasteiger partial charge in [0, 0.05) is 5.56 Å². The lowest BCUT2D eigenvalue weighted by Crippen LogP contribution is -2.26. The maximum atomic E-state index is 12.9. The van der Waals surface area contributed by atoms with E-state index in [0.29, 0.717) is 11.5 Å². The Morgan fingerprint density at radius 1 is 1.00 bits per heavy atom. The zero-order chi connectivity index (χ0) is 25.3. The number of esters is 1. The van der Waals surface area contributed by atoms with Crippen molar-refractivity contribution in [1.82, 2.24) is 0 Å². The second kappa shape index (κ2) is 9.05. The van der Waals surface area contributed by atoms with Crippen molar-refractivity contribution in [2.45, 2.75) is 32.3 Å². The Labute approximate surface area is 191 Å². The van der Waals surface area contributed by atoms with Gasteiger partial charge in [0.25, 0.3) is 0 Å². The average molecular weight is 483 g/mol. The molecule has 0 aliphatic heterocycles. The van der Waals surface area contributed by atoms with Gasteiger partial charge in [-0.05, 0) is 35.6 Å². The molecule has 1 fully saturated rings. The molecular formula is C24H19F6NO3. The Kier molecular flexibility index (Phi) is 6.69. The summed E-state index contributed by atoms with van der Waals surface area (Å²) in [5.41, 5.74) is -3.64. The van der Waals surface area contributed by atoms with E-state index in [1.807, 2.05) is 0 Å². The fraction of sp³-hybridized carbons (Fsp3) is 0.333. The lowest BCUT2D eigenvalue weighted by molar-refractivity contribution is -0.172. The number of benzene rings is 2. The molecule has 0 unspecified atom stereocenters. The molecule has 0 heterocycles. The molecular weight excluding hydrogens is 464 g/mol. The summed E-state index contributed by atoms with van der Waals surface area (Å²) < 4.78 is 88.3. The number of carbonyl (C=O) groups excluding carboxylic acids is 1. The monoisotopic (exact) mass is 483 g/mol. The first-order valence-corrected chi connectivity index (χ1v) is 10.0. The van der Waals surface area contributed by atoms with E-state index in [9.17, 15) is 36.4 Å². The van der Waals surface area contributed by atoms with Crippen LogP contribution in [0.15, 0.2) is 66.2 Å². The van der Waals surface area contributed by atoms with E-state index >= 15 is 0 Å². The highest BCUT2D eigenvalue weighted by atomic mass is 19.4.